The van der Waals surface area contributed by atoms with E-state index in [4.69, 9.17) is 4.98 Å². The highest BCUT2D eigenvalue weighted by Gasteiger charge is 2.38. The van der Waals surface area contributed by atoms with Crippen molar-refractivity contribution in [1.29, 1.82) is 0 Å². The number of aryl methyl sites for hydroxylation is 1. The maximum Gasteiger partial charge on any atom is 0.262 e. The molecule has 2 fully saturated rings. The Balaban J connectivity index is 1.48. The molecule has 3 aromatic rings. The SMILES string of the molecule is Cc1cnc(C2CCC2c2nc3c(cnn3C3CCC(C)(F)CC3)c(=O)[nH]2)nc1. The van der Waals surface area contributed by atoms with Crippen molar-refractivity contribution in [1.82, 2.24) is 29.7 Å². The molecular formula is C21H25FN6O. The fourth-order valence-corrected chi connectivity index (χ4v) is 4.58. The lowest BCUT2D eigenvalue weighted by molar-refractivity contribution is 0.103. The fraction of sp³-hybridized carbons (Fsp3) is 0.571. The maximum absolute atomic E-state index is 14.2. The Morgan fingerprint density at radius 3 is 2.45 bits per heavy atom. The molecule has 0 aromatic carbocycles. The van der Waals surface area contributed by atoms with Crippen molar-refractivity contribution >= 4 is 11.0 Å². The van der Waals surface area contributed by atoms with Gasteiger partial charge in [-0.25, -0.2) is 24.0 Å². The van der Waals surface area contributed by atoms with Gasteiger partial charge in [-0.15, -0.1) is 0 Å². The van der Waals surface area contributed by atoms with Gasteiger partial charge >= 0.3 is 0 Å². The van der Waals surface area contributed by atoms with Gasteiger partial charge in [-0.2, -0.15) is 5.10 Å². The van der Waals surface area contributed by atoms with Crippen molar-refractivity contribution in [2.45, 2.75) is 75.9 Å². The van der Waals surface area contributed by atoms with Crippen LogP contribution < -0.4 is 5.56 Å². The van der Waals surface area contributed by atoms with Crippen molar-refractivity contribution in [2.24, 2.45) is 0 Å². The van der Waals surface area contributed by atoms with Crippen LogP contribution in [0.3, 0.4) is 0 Å². The van der Waals surface area contributed by atoms with Gasteiger partial charge in [0.05, 0.1) is 12.2 Å². The molecule has 1 N–H and O–H groups in total. The van der Waals surface area contributed by atoms with Crippen molar-refractivity contribution in [3.8, 4) is 0 Å². The van der Waals surface area contributed by atoms with Gasteiger partial charge in [0, 0.05) is 24.2 Å². The average molecular weight is 396 g/mol. The first-order chi connectivity index (χ1) is 13.9. The third-order valence-electron chi connectivity index (χ3n) is 6.58. The Morgan fingerprint density at radius 2 is 1.79 bits per heavy atom. The van der Waals surface area contributed by atoms with Crippen LogP contribution in [0.25, 0.3) is 11.0 Å². The average Bonchev–Trinajstić information content (AvgIpc) is 3.07. The fourth-order valence-electron chi connectivity index (χ4n) is 4.58. The number of nitrogens with zero attached hydrogens (tertiary/aromatic N) is 5. The summed E-state index contributed by atoms with van der Waals surface area (Å²) in [4.78, 5) is 29.4. The molecule has 8 heteroatoms. The Labute approximate surface area is 167 Å². The molecule has 2 aliphatic rings. The quantitative estimate of drug-likeness (QED) is 0.729. The third kappa shape index (κ3) is 3.24. The number of alkyl halides is 1. The maximum atomic E-state index is 14.2. The Hall–Kier alpha value is -2.64. The molecule has 0 amide bonds. The van der Waals surface area contributed by atoms with E-state index in [1.807, 2.05) is 24.0 Å². The molecule has 2 unspecified atom stereocenters. The number of nitrogens with one attached hydrogen (secondary N) is 1. The summed E-state index contributed by atoms with van der Waals surface area (Å²) in [6.07, 6.45) is 9.57. The molecule has 152 valence electrons. The van der Waals surface area contributed by atoms with Gasteiger partial charge in [0.15, 0.2) is 5.65 Å². The molecule has 3 heterocycles. The monoisotopic (exact) mass is 396 g/mol. The van der Waals surface area contributed by atoms with E-state index in [0.29, 0.717) is 42.5 Å². The van der Waals surface area contributed by atoms with Gasteiger partial charge < -0.3 is 4.98 Å². The Morgan fingerprint density at radius 1 is 1.10 bits per heavy atom. The summed E-state index contributed by atoms with van der Waals surface area (Å²) in [6.45, 7) is 3.63. The molecule has 3 aromatic heterocycles. The second-order valence-electron chi connectivity index (χ2n) is 8.83. The van der Waals surface area contributed by atoms with Crippen LogP contribution in [0, 0.1) is 6.92 Å². The highest BCUT2D eigenvalue weighted by molar-refractivity contribution is 5.73. The zero-order valence-electron chi connectivity index (χ0n) is 16.7. The summed E-state index contributed by atoms with van der Waals surface area (Å²) in [7, 11) is 0. The smallest absolute Gasteiger partial charge is 0.262 e. The Bertz CT molecular complexity index is 1090. The third-order valence-corrected chi connectivity index (χ3v) is 6.58. The largest absolute Gasteiger partial charge is 0.310 e. The minimum absolute atomic E-state index is 0.0797. The van der Waals surface area contributed by atoms with Gasteiger partial charge in [0.1, 0.15) is 22.7 Å². The summed E-state index contributed by atoms with van der Waals surface area (Å²) < 4.78 is 16.0. The first-order valence-electron chi connectivity index (χ1n) is 10.4. The van der Waals surface area contributed by atoms with Crippen LogP contribution in [0.15, 0.2) is 23.4 Å². The van der Waals surface area contributed by atoms with Crippen LogP contribution in [0.1, 0.15) is 80.5 Å². The van der Waals surface area contributed by atoms with Crippen molar-refractivity contribution in [3.63, 3.8) is 0 Å². The molecule has 0 saturated heterocycles. The van der Waals surface area contributed by atoms with E-state index in [0.717, 1.165) is 24.2 Å². The molecule has 2 aliphatic carbocycles. The van der Waals surface area contributed by atoms with Crippen LogP contribution in [-0.4, -0.2) is 35.4 Å². The second-order valence-corrected chi connectivity index (χ2v) is 8.83. The summed E-state index contributed by atoms with van der Waals surface area (Å²) in [5.74, 6) is 1.74. The van der Waals surface area contributed by atoms with Gasteiger partial charge in [-0.05, 0) is 57.9 Å². The van der Waals surface area contributed by atoms with Crippen molar-refractivity contribution in [2.75, 3.05) is 0 Å². The van der Waals surface area contributed by atoms with Gasteiger partial charge in [-0.1, -0.05) is 0 Å². The van der Waals surface area contributed by atoms with Crippen LogP contribution in [0.5, 0.6) is 0 Å². The standard InChI is InChI=1S/C21H25FN6O/c1-12-9-23-17(24-10-12)14-3-4-15(14)18-26-19-16(20(29)27-18)11-25-28(19)13-5-7-21(2,22)8-6-13/h9-11,13-15H,3-8H2,1-2H3,(H,26,27,29). The molecular weight excluding hydrogens is 371 g/mol. The molecule has 7 nitrogen and oxygen atoms in total. The minimum Gasteiger partial charge on any atom is -0.310 e. The van der Waals surface area contributed by atoms with E-state index in [1.54, 1.807) is 13.1 Å². The number of rotatable bonds is 3. The van der Waals surface area contributed by atoms with Crippen LogP contribution in [0.4, 0.5) is 4.39 Å². The lowest BCUT2D eigenvalue weighted by Crippen LogP contribution is -2.29. The first-order valence-corrected chi connectivity index (χ1v) is 10.4. The van der Waals surface area contributed by atoms with Crippen LogP contribution >= 0.6 is 0 Å². The number of aromatic nitrogens is 6. The molecule has 0 spiro atoms. The number of fused-ring (bicyclic) bond motifs is 1. The van der Waals surface area contributed by atoms with Gasteiger partial charge in [-0.3, -0.25) is 4.79 Å². The first kappa shape index (κ1) is 18.4. The molecule has 29 heavy (non-hydrogen) atoms. The van der Waals surface area contributed by atoms with Crippen LogP contribution in [0.2, 0.25) is 0 Å². The summed E-state index contributed by atoms with van der Waals surface area (Å²) in [6, 6.07) is 0.0797. The van der Waals surface area contributed by atoms with E-state index in [1.165, 1.54) is 0 Å². The van der Waals surface area contributed by atoms with Crippen molar-refractivity contribution < 1.29 is 4.39 Å². The number of halogens is 1. The number of hydrogen-bond acceptors (Lipinski definition) is 5. The van der Waals surface area contributed by atoms with E-state index in [-0.39, 0.29) is 23.4 Å². The molecule has 5 rings (SSSR count). The highest BCUT2D eigenvalue weighted by atomic mass is 19.1. The highest BCUT2D eigenvalue weighted by Crippen LogP contribution is 2.46. The molecule has 0 bridgehead atoms. The van der Waals surface area contributed by atoms with Crippen molar-refractivity contribution in [3.05, 3.63) is 46.2 Å². The Kier molecular flexibility index (Phi) is 4.26. The summed E-state index contributed by atoms with van der Waals surface area (Å²) in [5.41, 5.74) is 0.353. The summed E-state index contributed by atoms with van der Waals surface area (Å²) in [5, 5.41) is 4.94. The van der Waals surface area contributed by atoms with E-state index in [2.05, 4.69) is 20.1 Å². The normalized spacial score (nSPS) is 29.7. The van der Waals surface area contributed by atoms with E-state index < -0.39 is 5.67 Å². The molecule has 2 saturated carbocycles. The molecule has 2 atom stereocenters. The molecule has 0 radical (unpaired) electrons. The summed E-state index contributed by atoms with van der Waals surface area (Å²) >= 11 is 0. The van der Waals surface area contributed by atoms with E-state index in [9.17, 15) is 9.18 Å². The van der Waals surface area contributed by atoms with Gasteiger partial charge in [0.25, 0.3) is 5.56 Å². The van der Waals surface area contributed by atoms with Gasteiger partial charge in [0.2, 0.25) is 0 Å². The minimum atomic E-state index is -1.11. The number of H-pyrrole nitrogens is 1. The lowest BCUT2D eigenvalue weighted by atomic mass is 9.72. The predicted octanol–water partition coefficient (Wildman–Crippen LogP) is 3.72. The molecule has 0 aliphatic heterocycles. The second kappa shape index (κ2) is 6.71. The van der Waals surface area contributed by atoms with E-state index >= 15 is 0 Å². The lowest BCUT2D eigenvalue weighted by Gasteiger charge is -2.34. The number of hydrogen-bond donors (Lipinski definition) is 1. The van der Waals surface area contributed by atoms with Crippen LogP contribution in [-0.2, 0) is 0 Å². The topological polar surface area (TPSA) is 89.4 Å². The predicted molar refractivity (Wildman–Crippen MR) is 107 cm³/mol. The zero-order valence-corrected chi connectivity index (χ0v) is 16.7. The number of aromatic amines is 1. The zero-order chi connectivity index (χ0) is 20.2.